The molecule has 10 atom stereocenters. The third-order valence-corrected chi connectivity index (χ3v) is 7.50. The van der Waals surface area contributed by atoms with Crippen molar-refractivity contribution in [1.29, 1.82) is 0 Å². The number of halogens is 2. The van der Waals surface area contributed by atoms with Crippen molar-refractivity contribution in [1.82, 2.24) is 0 Å². The summed E-state index contributed by atoms with van der Waals surface area (Å²) in [5, 5.41) is 0. The van der Waals surface area contributed by atoms with Crippen molar-refractivity contribution in [3.63, 3.8) is 0 Å². The van der Waals surface area contributed by atoms with Crippen molar-refractivity contribution in [2.24, 2.45) is 53.1 Å². The largest absolute Gasteiger partial charge is 0.364 e. The van der Waals surface area contributed by atoms with E-state index >= 15 is 0 Å². The molecule has 1 amide bonds. The zero-order valence-corrected chi connectivity index (χ0v) is 9.55. The first-order valence-electron chi connectivity index (χ1n) is 6.87. The summed E-state index contributed by atoms with van der Waals surface area (Å²) in [7, 11) is 0. The number of hydrogen-bond donors (Lipinski definition) is 1. The first-order valence-corrected chi connectivity index (χ1v) is 6.87. The monoisotopic (exact) mass is 253 g/mol. The molecule has 96 valence electrons. The second kappa shape index (κ2) is 2.03. The Morgan fingerprint density at radius 3 is 2.67 bits per heavy atom. The van der Waals surface area contributed by atoms with Crippen molar-refractivity contribution in [3.8, 4) is 0 Å². The lowest BCUT2D eigenvalue weighted by atomic mass is 9.56. The minimum Gasteiger partial charge on any atom is -0.364 e. The predicted octanol–water partition coefficient (Wildman–Crippen LogP) is 0.632. The molecule has 7 rings (SSSR count). The van der Waals surface area contributed by atoms with Crippen LogP contribution in [0.25, 0.3) is 0 Å². The SMILES string of the molecule is NC(=O)C(F)(F)[C@@]12O[C@@H]3[C@@H]4[C@@H]5[C@@H]6C[C@@H]([C@H]5[C@@H]41)[C@H]2[C@@H]63. The van der Waals surface area contributed by atoms with Crippen LogP contribution in [0.1, 0.15) is 6.42 Å². The van der Waals surface area contributed by atoms with Crippen LogP contribution in [-0.4, -0.2) is 23.5 Å². The molecule has 5 aliphatic carbocycles. The maximum absolute atomic E-state index is 14.5. The van der Waals surface area contributed by atoms with E-state index in [9.17, 15) is 13.6 Å². The average molecular weight is 253 g/mol. The van der Waals surface area contributed by atoms with E-state index in [0.717, 1.165) is 6.42 Å². The molecular formula is C13H13F2NO2. The molecule has 0 spiro atoms. The first kappa shape index (κ1) is 9.23. The molecule has 7 fully saturated rings. The third-order valence-electron chi connectivity index (χ3n) is 7.50. The summed E-state index contributed by atoms with van der Waals surface area (Å²) in [6.45, 7) is 0. The fourth-order valence-corrected chi connectivity index (χ4v) is 7.70. The van der Waals surface area contributed by atoms with Gasteiger partial charge in [-0.3, -0.25) is 4.79 Å². The highest BCUT2D eigenvalue weighted by Gasteiger charge is 2.97. The van der Waals surface area contributed by atoms with E-state index in [1.165, 1.54) is 0 Å². The van der Waals surface area contributed by atoms with Gasteiger partial charge in [-0.05, 0) is 41.9 Å². The Morgan fingerprint density at radius 1 is 1.17 bits per heavy atom. The maximum atomic E-state index is 14.5. The Kier molecular flexibility index (Phi) is 1.04. The first-order chi connectivity index (χ1) is 8.52. The van der Waals surface area contributed by atoms with Crippen molar-refractivity contribution in [2.75, 3.05) is 0 Å². The lowest BCUT2D eigenvalue weighted by Crippen LogP contribution is -2.62. The van der Waals surface area contributed by atoms with Crippen LogP contribution in [0.4, 0.5) is 8.78 Å². The van der Waals surface area contributed by atoms with Crippen molar-refractivity contribution >= 4 is 5.91 Å². The molecule has 0 aromatic carbocycles. The van der Waals surface area contributed by atoms with E-state index in [1.807, 2.05) is 0 Å². The van der Waals surface area contributed by atoms with Gasteiger partial charge >= 0.3 is 5.92 Å². The second-order valence-corrected chi connectivity index (χ2v) is 7.24. The topological polar surface area (TPSA) is 52.3 Å². The van der Waals surface area contributed by atoms with Crippen LogP contribution < -0.4 is 5.73 Å². The van der Waals surface area contributed by atoms with Crippen LogP contribution in [0.5, 0.6) is 0 Å². The van der Waals surface area contributed by atoms with Gasteiger partial charge in [0, 0.05) is 11.8 Å². The normalized spacial score (nSPS) is 71.6. The van der Waals surface area contributed by atoms with Crippen LogP contribution in [0, 0.1) is 47.3 Å². The van der Waals surface area contributed by atoms with E-state index in [2.05, 4.69) is 0 Å². The van der Waals surface area contributed by atoms with Crippen LogP contribution in [0.15, 0.2) is 0 Å². The molecule has 2 saturated heterocycles. The molecule has 0 unspecified atom stereocenters. The summed E-state index contributed by atoms with van der Waals surface area (Å²) in [5.74, 6) is -2.44. The highest BCUT2D eigenvalue weighted by Crippen LogP contribution is 2.91. The average Bonchev–Trinajstić information content (AvgIpc) is 2.86. The summed E-state index contributed by atoms with van der Waals surface area (Å²) < 4.78 is 34.7. The Balaban J connectivity index is 1.65. The Bertz CT molecular complexity index is 527. The number of amides is 1. The molecule has 7 aliphatic rings. The van der Waals surface area contributed by atoms with Crippen molar-refractivity contribution in [2.45, 2.75) is 24.0 Å². The van der Waals surface area contributed by atoms with Gasteiger partial charge in [0.1, 0.15) is 5.60 Å². The van der Waals surface area contributed by atoms with Gasteiger partial charge in [-0.15, -0.1) is 0 Å². The molecule has 2 heterocycles. The molecule has 3 nitrogen and oxygen atoms in total. The van der Waals surface area contributed by atoms with Crippen molar-refractivity contribution < 1.29 is 18.3 Å². The van der Waals surface area contributed by atoms with Gasteiger partial charge in [0.05, 0.1) is 6.10 Å². The predicted molar refractivity (Wildman–Crippen MR) is 54.3 cm³/mol. The van der Waals surface area contributed by atoms with E-state index in [0.29, 0.717) is 35.5 Å². The number of carbonyl (C=O) groups is 1. The summed E-state index contributed by atoms with van der Waals surface area (Å²) >= 11 is 0. The molecule has 4 bridgehead atoms. The highest BCUT2D eigenvalue weighted by molar-refractivity contribution is 5.84. The fraction of sp³-hybridized carbons (Fsp3) is 0.923. The van der Waals surface area contributed by atoms with Gasteiger partial charge in [-0.2, -0.15) is 8.78 Å². The van der Waals surface area contributed by atoms with Gasteiger partial charge in [0.15, 0.2) is 0 Å². The Morgan fingerprint density at radius 2 is 1.94 bits per heavy atom. The lowest BCUT2D eigenvalue weighted by Gasteiger charge is -2.47. The van der Waals surface area contributed by atoms with Crippen molar-refractivity contribution in [3.05, 3.63) is 0 Å². The molecule has 18 heavy (non-hydrogen) atoms. The van der Waals surface area contributed by atoms with Crippen LogP contribution in [-0.2, 0) is 9.53 Å². The number of rotatable bonds is 2. The number of primary amides is 1. The number of ether oxygens (including phenoxy) is 1. The molecule has 0 aromatic heterocycles. The Hall–Kier alpha value is -0.710. The van der Waals surface area contributed by atoms with Gasteiger partial charge in [0.25, 0.3) is 5.91 Å². The van der Waals surface area contributed by atoms with Crippen LogP contribution >= 0.6 is 0 Å². The minimum atomic E-state index is -3.48. The molecule has 5 saturated carbocycles. The highest BCUT2D eigenvalue weighted by atomic mass is 19.3. The molecule has 0 radical (unpaired) electrons. The van der Waals surface area contributed by atoms with Gasteiger partial charge in [-0.25, -0.2) is 0 Å². The molecule has 2 N–H and O–H groups in total. The molecule has 0 aromatic rings. The van der Waals surface area contributed by atoms with Crippen LogP contribution in [0.3, 0.4) is 0 Å². The fourth-order valence-electron chi connectivity index (χ4n) is 7.70. The summed E-state index contributed by atoms with van der Waals surface area (Å²) in [5.41, 5.74) is 3.49. The van der Waals surface area contributed by atoms with Gasteiger partial charge < -0.3 is 10.5 Å². The summed E-state index contributed by atoms with van der Waals surface area (Å²) in [6, 6.07) is 0. The quantitative estimate of drug-likeness (QED) is 0.785. The smallest absolute Gasteiger partial charge is 0.353 e. The summed E-state index contributed by atoms with van der Waals surface area (Å²) in [6.07, 6.45) is 1.12. The summed E-state index contributed by atoms with van der Waals surface area (Å²) in [4.78, 5) is 11.3. The number of carbonyl (C=O) groups excluding carboxylic acids is 1. The Labute approximate surface area is 102 Å². The van der Waals surface area contributed by atoms with E-state index in [4.69, 9.17) is 10.5 Å². The van der Waals surface area contributed by atoms with E-state index < -0.39 is 17.4 Å². The molecule has 2 aliphatic heterocycles. The van der Waals surface area contributed by atoms with E-state index in [-0.39, 0.29) is 17.9 Å². The van der Waals surface area contributed by atoms with E-state index in [1.54, 1.807) is 0 Å². The number of nitrogens with two attached hydrogens (primary N) is 1. The maximum Gasteiger partial charge on any atom is 0.353 e. The third kappa shape index (κ3) is 0.497. The zero-order chi connectivity index (χ0) is 12.2. The standard InChI is InChI=1S/C13H13F2NO2/c14-13(15,11(16)17)12-8-3-1-2-4-5(3)9(12)7(4)10(18-12)6(2)8/h2-10H,1H2,(H2,16,17)/t2-,3-,4+,5+,6+,7+,8-,9-,10-,12-/m0/s1. The zero-order valence-electron chi connectivity index (χ0n) is 9.55. The minimum absolute atomic E-state index is 0.0176. The molecule has 5 heteroatoms. The van der Waals surface area contributed by atoms with Gasteiger partial charge in [-0.1, -0.05) is 0 Å². The molecular weight excluding hydrogens is 240 g/mol. The van der Waals surface area contributed by atoms with Crippen LogP contribution in [0.2, 0.25) is 0 Å². The number of alkyl halides is 2. The lowest BCUT2D eigenvalue weighted by molar-refractivity contribution is -0.206. The number of hydrogen-bond acceptors (Lipinski definition) is 2. The van der Waals surface area contributed by atoms with Gasteiger partial charge in [0.2, 0.25) is 0 Å². The second-order valence-electron chi connectivity index (χ2n) is 7.24.